The topological polar surface area (TPSA) is 92.0 Å². The van der Waals surface area contributed by atoms with Crippen molar-refractivity contribution in [3.8, 4) is 11.8 Å². The van der Waals surface area contributed by atoms with Crippen LogP contribution < -0.4 is 15.4 Å². The Bertz CT molecular complexity index is 1030. The highest BCUT2D eigenvalue weighted by molar-refractivity contribution is 5.95. The third kappa shape index (κ3) is 5.39. The SMILES string of the molecule is CC(Nc1ccc(OCc2cccc(C#N)c2)cc1)C(=O)Nc1ccnn1C(C)C. The zero-order valence-corrected chi connectivity index (χ0v) is 17.3. The highest BCUT2D eigenvalue weighted by atomic mass is 16.5. The van der Waals surface area contributed by atoms with E-state index in [2.05, 4.69) is 21.8 Å². The minimum Gasteiger partial charge on any atom is -0.489 e. The van der Waals surface area contributed by atoms with Gasteiger partial charge in [-0.05, 0) is 62.7 Å². The van der Waals surface area contributed by atoms with Gasteiger partial charge in [0, 0.05) is 17.8 Å². The molecular weight excluding hydrogens is 378 g/mol. The lowest BCUT2D eigenvalue weighted by Gasteiger charge is -2.17. The molecule has 1 atom stereocenters. The number of nitriles is 1. The summed E-state index contributed by atoms with van der Waals surface area (Å²) in [5.74, 6) is 1.24. The van der Waals surface area contributed by atoms with Gasteiger partial charge in [-0.25, -0.2) is 4.68 Å². The zero-order chi connectivity index (χ0) is 21.5. The first-order valence-corrected chi connectivity index (χ1v) is 9.79. The second-order valence-electron chi connectivity index (χ2n) is 7.24. The summed E-state index contributed by atoms with van der Waals surface area (Å²) in [6, 6.07) is 18.4. The quantitative estimate of drug-likeness (QED) is 0.583. The van der Waals surface area contributed by atoms with Crippen LogP contribution in [0.4, 0.5) is 11.5 Å². The van der Waals surface area contributed by atoms with Gasteiger partial charge in [0.1, 0.15) is 24.2 Å². The van der Waals surface area contributed by atoms with Crippen LogP contribution in [0.2, 0.25) is 0 Å². The molecular formula is C23H25N5O2. The van der Waals surface area contributed by atoms with Crippen molar-refractivity contribution in [3.63, 3.8) is 0 Å². The third-order valence-corrected chi connectivity index (χ3v) is 4.50. The largest absolute Gasteiger partial charge is 0.489 e. The van der Waals surface area contributed by atoms with Crippen molar-refractivity contribution in [1.29, 1.82) is 5.26 Å². The first kappa shape index (κ1) is 20.9. The Morgan fingerprint density at radius 3 is 2.63 bits per heavy atom. The van der Waals surface area contributed by atoms with Gasteiger partial charge in [0.05, 0.1) is 17.8 Å². The standard InChI is InChI=1S/C23H25N5O2/c1-16(2)28-22(11-12-25-28)27-23(29)17(3)26-20-7-9-21(10-8-20)30-15-19-6-4-5-18(13-19)14-24/h4-13,16-17,26H,15H2,1-3H3,(H,27,29). The summed E-state index contributed by atoms with van der Waals surface area (Å²) in [5, 5.41) is 19.3. The van der Waals surface area contributed by atoms with Crippen molar-refractivity contribution in [2.45, 2.75) is 39.5 Å². The highest BCUT2D eigenvalue weighted by Crippen LogP contribution is 2.19. The summed E-state index contributed by atoms with van der Waals surface area (Å²) in [4.78, 5) is 12.5. The predicted molar refractivity (Wildman–Crippen MR) is 116 cm³/mol. The predicted octanol–water partition coefficient (Wildman–Crippen LogP) is 4.35. The van der Waals surface area contributed by atoms with E-state index in [1.807, 2.05) is 56.3 Å². The Balaban J connectivity index is 1.53. The molecule has 0 aliphatic carbocycles. The van der Waals surface area contributed by atoms with Crippen molar-refractivity contribution < 1.29 is 9.53 Å². The van der Waals surface area contributed by atoms with Gasteiger partial charge in [0.25, 0.3) is 0 Å². The molecule has 7 nitrogen and oxygen atoms in total. The fourth-order valence-corrected chi connectivity index (χ4v) is 2.92. The van der Waals surface area contributed by atoms with Crippen molar-refractivity contribution in [1.82, 2.24) is 9.78 Å². The van der Waals surface area contributed by atoms with Crippen molar-refractivity contribution in [2.24, 2.45) is 0 Å². The molecule has 7 heteroatoms. The van der Waals surface area contributed by atoms with E-state index in [4.69, 9.17) is 10.00 Å². The van der Waals surface area contributed by atoms with Gasteiger partial charge in [0.15, 0.2) is 0 Å². The fraction of sp³-hybridized carbons (Fsp3) is 0.261. The molecule has 1 aromatic heterocycles. The number of ether oxygens (including phenoxy) is 1. The van der Waals surface area contributed by atoms with Gasteiger partial charge in [-0.1, -0.05) is 12.1 Å². The van der Waals surface area contributed by atoms with E-state index >= 15 is 0 Å². The Labute approximate surface area is 176 Å². The number of hydrogen-bond donors (Lipinski definition) is 2. The first-order valence-electron chi connectivity index (χ1n) is 9.79. The number of carbonyl (C=O) groups excluding carboxylic acids is 1. The van der Waals surface area contributed by atoms with E-state index in [1.165, 1.54) is 0 Å². The molecule has 3 aromatic rings. The molecule has 2 aromatic carbocycles. The molecule has 1 heterocycles. The van der Waals surface area contributed by atoms with E-state index in [0.29, 0.717) is 23.7 Å². The molecule has 30 heavy (non-hydrogen) atoms. The lowest BCUT2D eigenvalue weighted by atomic mass is 10.1. The molecule has 0 saturated carbocycles. The molecule has 0 radical (unpaired) electrons. The number of hydrogen-bond acceptors (Lipinski definition) is 5. The molecule has 0 aliphatic rings. The molecule has 0 spiro atoms. The van der Waals surface area contributed by atoms with Crippen molar-refractivity contribution in [3.05, 3.63) is 71.9 Å². The molecule has 154 valence electrons. The third-order valence-electron chi connectivity index (χ3n) is 4.50. The Hall–Kier alpha value is -3.79. The van der Waals surface area contributed by atoms with Crippen LogP contribution >= 0.6 is 0 Å². The van der Waals surface area contributed by atoms with Crippen LogP contribution in [0.15, 0.2) is 60.8 Å². The Kier molecular flexibility index (Phi) is 6.71. The normalized spacial score (nSPS) is 11.6. The number of amides is 1. The van der Waals surface area contributed by atoms with E-state index in [1.54, 1.807) is 29.9 Å². The summed E-state index contributed by atoms with van der Waals surface area (Å²) in [6.45, 7) is 6.20. The second kappa shape index (κ2) is 9.61. The summed E-state index contributed by atoms with van der Waals surface area (Å²) in [7, 11) is 0. The molecule has 2 N–H and O–H groups in total. The van der Waals surface area contributed by atoms with Crippen LogP contribution in [0.25, 0.3) is 0 Å². The summed E-state index contributed by atoms with van der Waals surface area (Å²) >= 11 is 0. The number of benzene rings is 2. The summed E-state index contributed by atoms with van der Waals surface area (Å²) in [6.07, 6.45) is 1.67. The molecule has 0 bridgehead atoms. The number of rotatable bonds is 8. The zero-order valence-electron chi connectivity index (χ0n) is 17.3. The van der Waals surface area contributed by atoms with Crippen LogP contribution in [0.5, 0.6) is 5.75 Å². The minimum absolute atomic E-state index is 0.143. The van der Waals surface area contributed by atoms with Gasteiger partial charge < -0.3 is 15.4 Å². The molecule has 1 unspecified atom stereocenters. The maximum absolute atomic E-state index is 12.5. The number of carbonyl (C=O) groups is 1. The van der Waals surface area contributed by atoms with E-state index in [0.717, 1.165) is 11.3 Å². The van der Waals surface area contributed by atoms with E-state index in [-0.39, 0.29) is 11.9 Å². The summed E-state index contributed by atoms with van der Waals surface area (Å²) in [5.41, 5.74) is 2.36. The van der Waals surface area contributed by atoms with Gasteiger partial charge in [-0.3, -0.25) is 4.79 Å². The maximum Gasteiger partial charge on any atom is 0.247 e. The average Bonchev–Trinajstić information content (AvgIpc) is 3.22. The lowest BCUT2D eigenvalue weighted by Crippen LogP contribution is -2.32. The summed E-state index contributed by atoms with van der Waals surface area (Å²) < 4.78 is 7.55. The van der Waals surface area contributed by atoms with E-state index in [9.17, 15) is 4.79 Å². The van der Waals surface area contributed by atoms with Crippen LogP contribution in [0.1, 0.15) is 37.9 Å². The maximum atomic E-state index is 12.5. The van der Waals surface area contributed by atoms with Gasteiger partial charge in [0.2, 0.25) is 5.91 Å². The monoisotopic (exact) mass is 403 g/mol. The van der Waals surface area contributed by atoms with Gasteiger partial charge in [-0.15, -0.1) is 0 Å². The molecule has 1 amide bonds. The van der Waals surface area contributed by atoms with Crippen LogP contribution in [-0.4, -0.2) is 21.7 Å². The molecule has 0 aliphatic heterocycles. The smallest absolute Gasteiger partial charge is 0.247 e. The number of nitrogens with one attached hydrogen (secondary N) is 2. The fourth-order valence-electron chi connectivity index (χ4n) is 2.92. The number of aromatic nitrogens is 2. The first-order chi connectivity index (χ1) is 14.5. The van der Waals surface area contributed by atoms with Crippen LogP contribution in [0, 0.1) is 11.3 Å². The molecule has 0 saturated heterocycles. The minimum atomic E-state index is -0.430. The average molecular weight is 403 g/mol. The molecule has 3 rings (SSSR count). The van der Waals surface area contributed by atoms with Crippen molar-refractivity contribution in [2.75, 3.05) is 10.6 Å². The number of anilines is 2. The Morgan fingerprint density at radius 2 is 1.93 bits per heavy atom. The second-order valence-corrected chi connectivity index (χ2v) is 7.24. The van der Waals surface area contributed by atoms with Gasteiger partial charge >= 0.3 is 0 Å². The highest BCUT2D eigenvalue weighted by Gasteiger charge is 2.15. The van der Waals surface area contributed by atoms with Crippen LogP contribution in [0.3, 0.4) is 0 Å². The molecule has 0 fully saturated rings. The Morgan fingerprint density at radius 1 is 1.17 bits per heavy atom. The van der Waals surface area contributed by atoms with E-state index < -0.39 is 6.04 Å². The van der Waals surface area contributed by atoms with Crippen LogP contribution in [-0.2, 0) is 11.4 Å². The van der Waals surface area contributed by atoms with Gasteiger partial charge in [-0.2, -0.15) is 10.4 Å². The lowest BCUT2D eigenvalue weighted by molar-refractivity contribution is -0.116. The number of nitrogens with zero attached hydrogens (tertiary/aromatic N) is 3. The van der Waals surface area contributed by atoms with Crippen molar-refractivity contribution >= 4 is 17.4 Å².